The molecule has 0 aromatic rings. The van der Waals surface area contributed by atoms with Gasteiger partial charge in [0.25, 0.3) is 0 Å². The molecular weight excluding hydrogens is 88.1 g/mol. The molecule has 2 rings (SSSR count). The number of nitrogens with zero attached hydrogens (tertiary/aromatic N) is 1. The van der Waals surface area contributed by atoms with Gasteiger partial charge in [-0.15, -0.1) is 0 Å². The molecule has 0 amide bonds. The smallest absolute Gasteiger partial charge is 0.0326 e. The summed E-state index contributed by atoms with van der Waals surface area (Å²) in [6.45, 7) is 2.46. The summed E-state index contributed by atoms with van der Waals surface area (Å²) in [4.78, 5) is 2.42. The van der Waals surface area contributed by atoms with E-state index in [0.29, 0.717) is 6.04 Å². The summed E-state index contributed by atoms with van der Waals surface area (Å²) in [7, 11) is 0. The Bertz CT molecular complexity index is 88.1. The number of hydrogen-bond donors (Lipinski definition) is 1. The van der Waals surface area contributed by atoms with Crippen LogP contribution in [0.3, 0.4) is 0 Å². The van der Waals surface area contributed by atoms with Gasteiger partial charge < -0.3 is 5.73 Å². The van der Waals surface area contributed by atoms with Gasteiger partial charge in [0.05, 0.1) is 0 Å². The van der Waals surface area contributed by atoms with Crippen LogP contribution in [0.5, 0.6) is 0 Å². The molecular formula is C5H10N2. The van der Waals surface area contributed by atoms with Crippen LogP contribution in [0.2, 0.25) is 0 Å². The molecule has 0 radical (unpaired) electrons. The summed E-state index contributed by atoms with van der Waals surface area (Å²) >= 11 is 0. The van der Waals surface area contributed by atoms with E-state index in [1.165, 1.54) is 13.0 Å². The Balaban J connectivity index is 1.99. The van der Waals surface area contributed by atoms with Crippen molar-refractivity contribution in [2.45, 2.75) is 18.5 Å². The van der Waals surface area contributed by atoms with E-state index < -0.39 is 0 Å². The average molecular weight is 98.1 g/mol. The molecule has 2 nitrogen and oxygen atoms in total. The van der Waals surface area contributed by atoms with Gasteiger partial charge in [-0.3, -0.25) is 4.90 Å². The van der Waals surface area contributed by atoms with Crippen LogP contribution in [0.1, 0.15) is 6.42 Å². The van der Waals surface area contributed by atoms with Crippen molar-refractivity contribution in [2.75, 3.05) is 13.1 Å². The van der Waals surface area contributed by atoms with Crippen LogP contribution in [-0.4, -0.2) is 30.1 Å². The topological polar surface area (TPSA) is 29.3 Å². The molecule has 2 heterocycles. The van der Waals surface area contributed by atoms with Crippen LogP contribution in [0.4, 0.5) is 0 Å². The maximum absolute atomic E-state index is 5.62. The van der Waals surface area contributed by atoms with Crippen molar-refractivity contribution in [2.24, 2.45) is 5.73 Å². The van der Waals surface area contributed by atoms with Crippen LogP contribution < -0.4 is 5.73 Å². The average Bonchev–Trinajstić information content (AvgIpc) is 1.59. The van der Waals surface area contributed by atoms with E-state index >= 15 is 0 Å². The van der Waals surface area contributed by atoms with E-state index in [4.69, 9.17) is 5.73 Å². The standard InChI is InChI=1S/C5H10N2/c6-4-3-7-2-1-5(4)7/h4-5H,1-3,6H2. The zero-order chi connectivity index (χ0) is 4.85. The zero-order valence-corrected chi connectivity index (χ0v) is 4.30. The Labute approximate surface area is 43.3 Å². The van der Waals surface area contributed by atoms with Gasteiger partial charge in [0.15, 0.2) is 0 Å². The van der Waals surface area contributed by atoms with E-state index in [1.807, 2.05) is 0 Å². The maximum atomic E-state index is 5.62. The van der Waals surface area contributed by atoms with Crippen molar-refractivity contribution in [3.63, 3.8) is 0 Å². The summed E-state index contributed by atoms with van der Waals surface area (Å²) < 4.78 is 0. The summed E-state index contributed by atoms with van der Waals surface area (Å²) in [5.41, 5.74) is 5.62. The van der Waals surface area contributed by atoms with Crippen LogP contribution in [0.15, 0.2) is 0 Å². The lowest BCUT2D eigenvalue weighted by molar-refractivity contribution is -0.0246. The monoisotopic (exact) mass is 98.1 g/mol. The summed E-state index contributed by atoms with van der Waals surface area (Å²) in [5, 5.41) is 0. The second-order valence-corrected chi connectivity index (χ2v) is 2.51. The van der Waals surface area contributed by atoms with Gasteiger partial charge >= 0.3 is 0 Å². The lowest BCUT2D eigenvalue weighted by atomic mass is 9.86. The van der Waals surface area contributed by atoms with Crippen LogP contribution >= 0.6 is 0 Å². The highest BCUT2D eigenvalue weighted by Crippen LogP contribution is 2.28. The number of hydrogen-bond acceptors (Lipinski definition) is 2. The Morgan fingerprint density at radius 1 is 1.57 bits per heavy atom. The van der Waals surface area contributed by atoms with Crippen LogP contribution in [-0.2, 0) is 0 Å². The van der Waals surface area contributed by atoms with Gasteiger partial charge in [0, 0.05) is 25.2 Å². The van der Waals surface area contributed by atoms with Crippen molar-refractivity contribution in [3.8, 4) is 0 Å². The molecule has 2 atom stereocenters. The number of nitrogens with two attached hydrogens (primary N) is 1. The third-order valence-electron chi connectivity index (χ3n) is 2.12. The zero-order valence-electron chi connectivity index (χ0n) is 4.30. The second-order valence-electron chi connectivity index (χ2n) is 2.51. The molecule has 2 heteroatoms. The van der Waals surface area contributed by atoms with E-state index in [0.717, 1.165) is 12.6 Å². The highest BCUT2D eigenvalue weighted by Gasteiger charge is 2.42. The lowest BCUT2D eigenvalue weighted by Crippen LogP contribution is -2.71. The van der Waals surface area contributed by atoms with Gasteiger partial charge in [-0.2, -0.15) is 0 Å². The minimum Gasteiger partial charge on any atom is -0.325 e. The molecule has 0 bridgehead atoms. The van der Waals surface area contributed by atoms with Crippen LogP contribution in [0.25, 0.3) is 0 Å². The van der Waals surface area contributed by atoms with Gasteiger partial charge in [-0.05, 0) is 6.42 Å². The molecule has 2 aliphatic rings. The Kier molecular flexibility index (Phi) is 0.557. The molecule has 0 aliphatic carbocycles. The minimum atomic E-state index is 0.522. The fourth-order valence-corrected chi connectivity index (χ4v) is 1.43. The Morgan fingerprint density at radius 3 is 2.43 bits per heavy atom. The van der Waals surface area contributed by atoms with E-state index in [1.54, 1.807) is 0 Å². The Hall–Kier alpha value is -0.0800. The first-order valence-electron chi connectivity index (χ1n) is 2.87. The molecule has 0 saturated carbocycles. The van der Waals surface area contributed by atoms with Gasteiger partial charge in [-0.25, -0.2) is 0 Å². The van der Waals surface area contributed by atoms with Gasteiger partial charge in [0.2, 0.25) is 0 Å². The van der Waals surface area contributed by atoms with E-state index in [-0.39, 0.29) is 0 Å². The predicted octanol–water partition coefficient (Wildman–Crippen LogP) is -0.598. The highest BCUT2D eigenvalue weighted by molar-refractivity contribution is 5.01. The first kappa shape index (κ1) is 3.87. The predicted molar refractivity (Wildman–Crippen MR) is 28.0 cm³/mol. The maximum Gasteiger partial charge on any atom is 0.0326 e. The highest BCUT2D eigenvalue weighted by atomic mass is 15.3. The summed E-state index contributed by atoms with van der Waals surface area (Å²) in [6.07, 6.45) is 1.35. The molecule has 2 unspecified atom stereocenters. The normalized spacial score (nSPS) is 49.3. The first-order chi connectivity index (χ1) is 3.38. The lowest BCUT2D eigenvalue weighted by Gasteiger charge is -2.54. The fraction of sp³-hybridized carbons (Fsp3) is 1.00. The molecule has 0 aromatic heterocycles. The molecule has 2 N–H and O–H groups in total. The quantitative estimate of drug-likeness (QED) is 0.438. The Morgan fingerprint density at radius 2 is 2.43 bits per heavy atom. The molecule has 2 saturated heterocycles. The van der Waals surface area contributed by atoms with Gasteiger partial charge in [0.1, 0.15) is 0 Å². The molecule has 40 valence electrons. The number of piperidine rings is 1. The second kappa shape index (κ2) is 1.01. The molecule has 2 fully saturated rings. The van der Waals surface area contributed by atoms with Crippen molar-refractivity contribution in [3.05, 3.63) is 0 Å². The summed E-state index contributed by atoms with van der Waals surface area (Å²) in [6, 6.07) is 1.31. The molecule has 0 spiro atoms. The van der Waals surface area contributed by atoms with Crippen molar-refractivity contribution in [1.29, 1.82) is 0 Å². The van der Waals surface area contributed by atoms with Crippen molar-refractivity contribution in [1.82, 2.24) is 4.90 Å². The number of rotatable bonds is 0. The fourth-order valence-electron chi connectivity index (χ4n) is 1.43. The third kappa shape index (κ3) is 0.318. The largest absolute Gasteiger partial charge is 0.325 e. The molecule has 2 aliphatic heterocycles. The first-order valence-corrected chi connectivity index (χ1v) is 2.87. The summed E-state index contributed by atoms with van der Waals surface area (Å²) in [5.74, 6) is 0. The van der Waals surface area contributed by atoms with Crippen molar-refractivity contribution >= 4 is 0 Å². The van der Waals surface area contributed by atoms with E-state index in [2.05, 4.69) is 4.90 Å². The third-order valence-corrected chi connectivity index (χ3v) is 2.12. The minimum absolute atomic E-state index is 0.522. The van der Waals surface area contributed by atoms with Crippen LogP contribution in [0, 0.1) is 0 Å². The van der Waals surface area contributed by atoms with Crippen molar-refractivity contribution < 1.29 is 0 Å². The SMILES string of the molecule is NC1CN2CCC12. The molecule has 0 aromatic carbocycles. The van der Waals surface area contributed by atoms with E-state index in [9.17, 15) is 0 Å². The number of fused-ring (bicyclic) bond motifs is 1. The van der Waals surface area contributed by atoms with Gasteiger partial charge in [-0.1, -0.05) is 0 Å². The molecule has 7 heavy (non-hydrogen) atoms.